The lowest BCUT2D eigenvalue weighted by molar-refractivity contribution is 0.0931. The van der Waals surface area contributed by atoms with E-state index >= 15 is 0 Å². The summed E-state index contributed by atoms with van der Waals surface area (Å²) in [6.45, 7) is 2.03. The zero-order valence-corrected chi connectivity index (χ0v) is 14.5. The lowest BCUT2D eigenvalue weighted by Gasteiger charge is -2.16. The molecule has 1 aromatic heterocycles. The molecule has 0 bridgehead atoms. The summed E-state index contributed by atoms with van der Waals surface area (Å²) in [5.41, 5.74) is 1.35. The van der Waals surface area contributed by atoms with E-state index in [1.807, 2.05) is 0 Å². The third kappa shape index (κ3) is 4.24. The molecule has 1 unspecified atom stereocenters. The van der Waals surface area contributed by atoms with Crippen LogP contribution in [0.3, 0.4) is 0 Å². The summed E-state index contributed by atoms with van der Waals surface area (Å²) in [6.07, 6.45) is 1.25. The number of hydrogen-bond donors (Lipinski definition) is 1. The van der Waals surface area contributed by atoms with Crippen LogP contribution in [0.4, 0.5) is 4.39 Å². The van der Waals surface area contributed by atoms with Crippen molar-refractivity contribution in [3.63, 3.8) is 0 Å². The number of aromatic nitrogens is 3. The van der Waals surface area contributed by atoms with Gasteiger partial charge in [0.15, 0.2) is 17.4 Å². The molecule has 0 saturated heterocycles. The van der Waals surface area contributed by atoms with Crippen molar-refractivity contribution >= 4 is 5.91 Å². The van der Waals surface area contributed by atoms with Crippen LogP contribution in [0.5, 0.6) is 5.75 Å². The number of benzene rings is 2. The molecule has 1 heterocycles. The maximum absolute atomic E-state index is 13.6. The van der Waals surface area contributed by atoms with Crippen molar-refractivity contribution in [2.75, 3.05) is 6.54 Å². The van der Waals surface area contributed by atoms with Crippen LogP contribution in [0, 0.1) is 5.82 Å². The molecule has 3 aromatic rings. The van der Waals surface area contributed by atoms with Gasteiger partial charge in [0, 0.05) is 18.2 Å². The van der Waals surface area contributed by atoms with Gasteiger partial charge in [-0.25, -0.2) is 9.37 Å². The van der Waals surface area contributed by atoms with Crippen LogP contribution in [0.2, 0.25) is 0 Å². The first-order chi connectivity index (χ1) is 12.5. The van der Waals surface area contributed by atoms with Gasteiger partial charge in [-0.15, -0.1) is 0 Å². The highest BCUT2D eigenvalue weighted by atomic mass is 19.1. The average molecular weight is 354 g/mol. The molecule has 0 saturated carbocycles. The van der Waals surface area contributed by atoms with Crippen LogP contribution < -0.4 is 10.1 Å². The Bertz CT molecular complexity index is 893. The predicted octanol–water partition coefficient (Wildman–Crippen LogP) is 2.82. The van der Waals surface area contributed by atoms with Gasteiger partial charge in [-0.2, -0.15) is 5.10 Å². The van der Waals surface area contributed by atoms with Crippen molar-refractivity contribution in [1.29, 1.82) is 0 Å². The SMILES string of the molecule is CC(CNC(=O)c1ccc(-c2ncn(C)n2)cc1)Oc1ccccc1F. The van der Waals surface area contributed by atoms with Crippen molar-refractivity contribution in [3.05, 3.63) is 66.2 Å². The van der Waals surface area contributed by atoms with Crippen molar-refractivity contribution in [2.45, 2.75) is 13.0 Å². The van der Waals surface area contributed by atoms with Gasteiger partial charge in [-0.05, 0) is 31.2 Å². The fourth-order valence-corrected chi connectivity index (χ4v) is 2.38. The average Bonchev–Trinajstić information content (AvgIpc) is 3.08. The number of halogens is 1. The Balaban J connectivity index is 1.55. The summed E-state index contributed by atoms with van der Waals surface area (Å²) in [7, 11) is 1.79. The second-order valence-corrected chi connectivity index (χ2v) is 5.89. The third-order valence-electron chi connectivity index (χ3n) is 3.72. The summed E-state index contributed by atoms with van der Waals surface area (Å²) >= 11 is 0. The van der Waals surface area contributed by atoms with Crippen molar-refractivity contribution < 1.29 is 13.9 Å². The summed E-state index contributed by atoms with van der Waals surface area (Å²) < 4.78 is 20.7. The van der Waals surface area contributed by atoms with E-state index in [1.54, 1.807) is 67.4 Å². The Morgan fingerprint density at radius 2 is 1.96 bits per heavy atom. The van der Waals surface area contributed by atoms with Crippen LogP contribution in [-0.4, -0.2) is 33.3 Å². The number of carbonyl (C=O) groups excluding carboxylic acids is 1. The molecule has 0 fully saturated rings. The van der Waals surface area contributed by atoms with E-state index in [0.29, 0.717) is 11.4 Å². The van der Waals surface area contributed by atoms with Gasteiger partial charge >= 0.3 is 0 Å². The number of amides is 1. The first-order valence-corrected chi connectivity index (χ1v) is 8.18. The molecule has 6 nitrogen and oxygen atoms in total. The first kappa shape index (κ1) is 17.6. The molecule has 134 valence electrons. The molecular weight excluding hydrogens is 335 g/mol. The standard InChI is InChI=1S/C19H19FN4O2/c1-13(26-17-6-4-3-5-16(17)20)11-21-19(25)15-9-7-14(8-10-15)18-22-12-24(2)23-18/h3-10,12-13H,11H2,1-2H3,(H,21,25). The molecule has 1 amide bonds. The Kier molecular flexibility index (Phi) is 5.26. The van der Waals surface area contributed by atoms with E-state index in [-0.39, 0.29) is 24.3 Å². The molecule has 1 N–H and O–H groups in total. The molecule has 0 aliphatic carbocycles. The molecule has 0 radical (unpaired) electrons. The lowest BCUT2D eigenvalue weighted by Crippen LogP contribution is -2.33. The fourth-order valence-electron chi connectivity index (χ4n) is 2.38. The normalized spacial score (nSPS) is 11.8. The monoisotopic (exact) mass is 354 g/mol. The minimum absolute atomic E-state index is 0.168. The number of aryl methyl sites for hydroxylation is 1. The number of rotatable bonds is 6. The van der Waals surface area contributed by atoms with E-state index in [2.05, 4.69) is 15.4 Å². The van der Waals surface area contributed by atoms with E-state index in [9.17, 15) is 9.18 Å². The molecule has 3 rings (SSSR count). The highest BCUT2D eigenvalue weighted by Crippen LogP contribution is 2.17. The van der Waals surface area contributed by atoms with E-state index in [4.69, 9.17) is 4.74 Å². The molecule has 0 aliphatic rings. The molecular formula is C19H19FN4O2. The van der Waals surface area contributed by atoms with Gasteiger partial charge < -0.3 is 10.1 Å². The topological polar surface area (TPSA) is 69.0 Å². The van der Waals surface area contributed by atoms with Gasteiger partial charge in [0.05, 0.1) is 6.54 Å². The number of ether oxygens (including phenoxy) is 1. The largest absolute Gasteiger partial charge is 0.486 e. The van der Waals surface area contributed by atoms with Crippen molar-refractivity contribution in [3.8, 4) is 17.1 Å². The minimum Gasteiger partial charge on any atom is -0.486 e. The van der Waals surface area contributed by atoms with Crippen molar-refractivity contribution in [1.82, 2.24) is 20.1 Å². The first-order valence-electron chi connectivity index (χ1n) is 8.18. The van der Waals surface area contributed by atoms with Gasteiger partial charge in [0.2, 0.25) is 0 Å². The fraction of sp³-hybridized carbons (Fsp3) is 0.211. The van der Waals surface area contributed by atoms with Gasteiger partial charge in [0.1, 0.15) is 12.4 Å². The van der Waals surface area contributed by atoms with E-state index in [1.165, 1.54) is 6.07 Å². The molecule has 7 heteroatoms. The smallest absolute Gasteiger partial charge is 0.251 e. The quantitative estimate of drug-likeness (QED) is 0.739. The Morgan fingerprint density at radius 3 is 2.62 bits per heavy atom. The highest BCUT2D eigenvalue weighted by molar-refractivity contribution is 5.94. The number of nitrogens with one attached hydrogen (secondary N) is 1. The summed E-state index contributed by atoms with van der Waals surface area (Å²) in [5, 5.41) is 7.00. The van der Waals surface area contributed by atoms with Crippen LogP contribution in [0.15, 0.2) is 54.9 Å². The Hall–Kier alpha value is -3.22. The van der Waals surface area contributed by atoms with Crippen LogP contribution in [0.1, 0.15) is 17.3 Å². The number of nitrogens with zero attached hydrogens (tertiary/aromatic N) is 3. The number of carbonyl (C=O) groups is 1. The molecule has 0 spiro atoms. The second-order valence-electron chi connectivity index (χ2n) is 5.89. The summed E-state index contributed by atoms with van der Waals surface area (Å²) in [5.74, 6) is 0.117. The third-order valence-corrected chi connectivity index (χ3v) is 3.72. The molecule has 26 heavy (non-hydrogen) atoms. The number of para-hydroxylation sites is 1. The maximum Gasteiger partial charge on any atom is 0.251 e. The van der Waals surface area contributed by atoms with Crippen LogP contribution in [-0.2, 0) is 7.05 Å². The Labute approximate surface area is 150 Å². The van der Waals surface area contributed by atoms with E-state index in [0.717, 1.165) is 5.56 Å². The summed E-state index contributed by atoms with van der Waals surface area (Å²) in [6, 6.07) is 13.2. The van der Waals surface area contributed by atoms with Gasteiger partial charge in [-0.3, -0.25) is 9.48 Å². The zero-order chi connectivity index (χ0) is 18.5. The number of hydrogen-bond acceptors (Lipinski definition) is 4. The van der Waals surface area contributed by atoms with Crippen LogP contribution in [0.25, 0.3) is 11.4 Å². The molecule has 0 aliphatic heterocycles. The van der Waals surface area contributed by atoms with E-state index < -0.39 is 5.82 Å². The van der Waals surface area contributed by atoms with Gasteiger partial charge in [0.25, 0.3) is 5.91 Å². The molecule has 2 aromatic carbocycles. The minimum atomic E-state index is -0.426. The van der Waals surface area contributed by atoms with Crippen LogP contribution >= 0.6 is 0 Å². The second kappa shape index (κ2) is 7.77. The Morgan fingerprint density at radius 1 is 1.23 bits per heavy atom. The molecule has 1 atom stereocenters. The lowest BCUT2D eigenvalue weighted by atomic mass is 10.1. The van der Waals surface area contributed by atoms with Crippen molar-refractivity contribution in [2.24, 2.45) is 7.05 Å². The summed E-state index contributed by atoms with van der Waals surface area (Å²) in [4.78, 5) is 16.4. The predicted molar refractivity (Wildman–Crippen MR) is 95.3 cm³/mol. The highest BCUT2D eigenvalue weighted by Gasteiger charge is 2.11. The van der Waals surface area contributed by atoms with Gasteiger partial charge in [-0.1, -0.05) is 24.3 Å². The zero-order valence-electron chi connectivity index (χ0n) is 14.5. The maximum atomic E-state index is 13.6.